The highest BCUT2D eigenvalue weighted by Crippen LogP contribution is 2.34. The summed E-state index contributed by atoms with van der Waals surface area (Å²) in [5.41, 5.74) is 3.95. The molecule has 29 heavy (non-hydrogen) atoms. The SMILES string of the molecule is C=CCNC(=O)C(C)Sc1nnc(-c2ccccc2Cl)n1-c1cc(C)ccc1C. The molecule has 0 aliphatic carbocycles. The summed E-state index contributed by atoms with van der Waals surface area (Å²) in [6, 6.07) is 13.8. The van der Waals surface area contributed by atoms with Crippen LogP contribution < -0.4 is 5.32 Å². The van der Waals surface area contributed by atoms with Crippen molar-refractivity contribution in [3.05, 3.63) is 71.3 Å². The lowest BCUT2D eigenvalue weighted by atomic mass is 10.1. The average molecular weight is 427 g/mol. The van der Waals surface area contributed by atoms with Gasteiger partial charge in [0.05, 0.1) is 16.0 Å². The van der Waals surface area contributed by atoms with Gasteiger partial charge in [-0.15, -0.1) is 16.8 Å². The van der Waals surface area contributed by atoms with Crippen molar-refractivity contribution in [2.45, 2.75) is 31.2 Å². The minimum Gasteiger partial charge on any atom is -0.352 e. The highest BCUT2D eigenvalue weighted by Gasteiger charge is 2.23. The predicted molar refractivity (Wildman–Crippen MR) is 120 cm³/mol. The van der Waals surface area contributed by atoms with E-state index >= 15 is 0 Å². The van der Waals surface area contributed by atoms with E-state index in [2.05, 4.69) is 40.3 Å². The molecule has 0 saturated carbocycles. The summed E-state index contributed by atoms with van der Waals surface area (Å²) in [4.78, 5) is 12.3. The molecule has 0 radical (unpaired) electrons. The highest BCUT2D eigenvalue weighted by molar-refractivity contribution is 8.00. The Morgan fingerprint density at radius 3 is 2.76 bits per heavy atom. The van der Waals surface area contributed by atoms with Crippen molar-refractivity contribution in [1.29, 1.82) is 0 Å². The first-order valence-electron chi connectivity index (χ1n) is 9.25. The zero-order valence-corrected chi connectivity index (χ0v) is 18.2. The number of rotatable bonds is 7. The molecule has 3 aromatic rings. The standard InChI is InChI=1S/C22H23ClN4OS/c1-5-12-24-21(28)16(4)29-22-26-25-20(17-8-6-7-9-18(17)23)27(22)19-13-14(2)10-11-15(19)3/h5-11,13,16H,1,12H2,2-4H3,(H,24,28). The molecule has 3 rings (SSSR count). The third-order valence-electron chi connectivity index (χ3n) is 4.43. The molecule has 2 aromatic carbocycles. The molecule has 7 heteroatoms. The van der Waals surface area contributed by atoms with Gasteiger partial charge in [-0.2, -0.15) is 0 Å². The van der Waals surface area contributed by atoms with E-state index in [0.29, 0.717) is 22.5 Å². The number of aryl methyl sites for hydroxylation is 2. The summed E-state index contributed by atoms with van der Waals surface area (Å²) < 4.78 is 1.98. The van der Waals surface area contributed by atoms with Crippen LogP contribution in [0.3, 0.4) is 0 Å². The van der Waals surface area contributed by atoms with Crippen molar-refractivity contribution in [3.8, 4) is 17.1 Å². The molecule has 0 fully saturated rings. The van der Waals surface area contributed by atoms with Crippen LogP contribution in [-0.2, 0) is 4.79 Å². The molecule has 1 unspecified atom stereocenters. The number of nitrogens with zero attached hydrogens (tertiary/aromatic N) is 3. The summed E-state index contributed by atoms with van der Waals surface area (Å²) in [6.07, 6.45) is 1.66. The van der Waals surface area contributed by atoms with E-state index in [0.717, 1.165) is 22.4 Å². The summed E-state index contributed by atoms with van der Waals surface area (Å²) >= 11 is 7.81. The number of hydrogen-bond acceptors (Lipinski definition) is 4. The summed E-state index contributed by atoms with van der Waals surface area (Å²) in [5.74, 6) is 0.565. The Balaban J connectivity index is 2.10. The molecule has 150 valence electrons. The van der Waals surface area contributed by atoms with Gasteiger partial charge < -0.3 is 5.32 Å². The van der Waals surface area contributed by atoms with Gasteiger partial charge in [0, 0.05) is 12.1 Å². The minimum atomic E-state index is -0.345. The lowest BCUT2D eigenvalue weighted by molar-refractivity contribution is -0.120. The lowest BCUT2D eigenvalue weighted by Gasteiger charge is -2.16. The zero-order chi connectivity index (χ0) is 21.0. The van der Waals surface area contributed by atoms with Crippen molar-refractivity contribution >= 4 is 29.3 Å². The molecular formula is C22H23ClN4OS. The molecule has 0 saturated heterocycles. The Morgan fingerprint density at radius 2 is 2.03 bits per heavy atom. The fraction of sp³-hybridized carbons (Fsp3) is 0.227. The van der Waals surface area contributed by atoms with Gasteiger partial charge >= 0.3 is 0 Å². The number of thioether (sulfide) groups is 1. The van der Waals surface area contributed by atoms with Crippen LogP contribution in [0.1, 0.15) is 18.1 Å². The maximum Gasteiger partial charge on any atom is 0.233 e. The number of amides is 1. The van der Waals surface area contributed by atoms with Crippen LogP contribution in [0.25, 0.3) is 17.1 Å². The third-order valence-corrected chi connectivity index (χ3v) is 5.80. The zero-order valence-electron chi connectivity index (χ0n) is 16.6. The smallest absolute Gasteiger partial charge is 0.233 e. The number of benzene rings is 2. The Hall–Kier alpha value is -2.57. The predicted octanol–water partition coefficient (Wildman–Crippen LogP) is 4.99. The molecule has 5 nitrogen and oxygen atoms in total. The van der Waals surface area contributed by atoms with Crippen molar-refractivity contribution in [2.75, 3.05) is 6.54 Å². The van der Waals surface area contributed by atoms with Crippen LogP contribution >= 0.6 is 23.4 Å². The van der Waals surface area contributed by atoms with E-state index in [9.17, 15) is 4.79 Å². The Bertz CT molecular complexity index is 1050. The minimum absolute atomic E-state index is 0.0790. The lowest BCUT2D eigenvalue weighted by Crippen LogP contribution is -2.31. The van der Waals surface area contributed by atoms with Crippen LogP contribution in [-0.4, -0.2) is 32.5 Å². The largest absolute Gasteiger partial charge is 0.352 e. The second kappa shape index (κ2) is 9.29. The highest BCUT2D eigenvalue weighted by atomic mass is 35.5. The molecule has 0 bridgehead atoms. The van der Waals surface area contributed by atoms with Gasteiger partial charge in [0.15, 0.2) is 11.0 Å². The Labute approximate surface area is 180 Å². The van der Waals surface area contributed by atoms with E-state index < -0.39 is 0 Å². The van der Waals surface area contributed by atoms with Crippen molar-refractivity contribution in [3.63, 3.8) is 0 Å². The molecule has 1 heterocycles. The van der Waals surface area contributed by atoms with E-state index in [1.807, 2.05) is 49.6 Å². The molecular weight excluding hydrogens is 404 g/mol. The van der Waals surface area contributed by atoms with Crippen molar-refractivity contribution in [1.82, 2.24) is 20.1 Å². The quantitative estimate of drug-likeness (QED) is 0.427. The number of nitrogens with one attached hydrogen (secondary N) is 1. The van der Waals surface area contributed by atoms with Crippen molar-refractivity contribution < 1.29 is 4.79 Å². The van der Waals surface area contributed by atoms with Crippen LogP contribution in [0.4, 0.5) is 0 Å². The maximum atomic E-state index is 12.3. The van der Waals surface area contributed by atoms with Gasteiger partial charge in [0.1, 0.15) is 0 Å². The molecule has 0 aliphatic heterocycles. The molecule has 1 N–H and O–H groups in total. The monoisotopic (exact) mass is 426 g/mol. The first-order valence-corrected chi connectivity index (χ1v) is 10.5. The normalized spacial score (nSPS) is 11.9. The fourth-order valence-electron chi connectivity index (χ4n) is 2.87. The topological polar surface area (TPSA) is 59.8 Å². The Morgan fingerprint density at radius 1 is 1.28 bits per heavy atom. The first kappa shape index (κ1) is 21.1. The number of aromatic nitrogens is 3. The van der Waals surface area contributed by atoms with E-state index in [-0.39, 0.29) is 11.2 Å². The van der Waals surface area contributed by atoms with E-state index in [1.165, 1.54) is 11.8 Å². The third kappa shape index (κ3) is 4.71. The molecule has 0 aliphatic rings. The van der Waals surface area contributed by atoms with Crippen LogP contribution in [0, 0.1) is 13.8 Å². The first-order chi connectivity index (χ1) is 13.9. The van der Waals surface area contributed by atoms with Gasteiger partial charge in [0.25, 0.3) is 0 Å². The van der Waals surface area contributed by atoms with Gasteiger partial charge in [-0.1, -0.05) is 53.7 Å². The van der Waals surface area contributed by atoms with Gasteiger partial charge in [-0.25, -0.2) is 0 Å². The average Bonchev–Trinajstić information content (AvgIpc) is 3.11. The fourth-order valence-corrected chi connectivity index (χ4v) is 3.97. The van der Waals surface area contributed by atoms with Gasteiger partial charge in [0.2, 0.25) is 5.91 Å². The number of carbonyl (C=O) groups excluding carboxylic acids is 1. The van der Waals surface area contributed by atoms with Crippen LogP contribution in [0.2, 0.25) is 5.02 Å². The summed E-state index contributed by atoms with van der Waals surface area (Å²) in [6.45, 7) is 9.99. The van der Waals surface area contributed by atoms with E-state index in [1.54, 1.807) is 6.08 Å². The van der Waals surface area contributed by atoms with E-state index in [4.69, 9.17) is 11.6 Å². The molecule has 0 spiro atoms. The molecule has 1 atom stereocenters. The maximum absolute atomic E-state index is 12.3. The second-order valence-electron chi connectivity index (χ2n) is 6.71. The van der Waals surface area contributed by atoms with Crippen LogP contribution in [0.5, 0.6) is 0 Å². The van der Waals surface area contributed by atoms with Gasteiger partial charge in [-0.3, -0.25) is 9.36 Å². The molecule has 1 amide bonds. The summed E-state index contributed by atoms with van der Waals surface area (Å²) in [7, 11) is 0. The van der Waals surface area contributed by atoms with Crippen molar-refractivity contribution in [2.24, 2.45) is 0 Å². The second-order valence-corrected chi connectivity index (χ2v) is 8.42. The number of hydrogen-bond donors (Lipinski definition) is 1. The molecule has 1 aromatic heterocycles. The summed E-state index contributed by atoms with van der Waals surface area (Å²) in [5, 5.41) is 12.5. The number of halogens is 1. The van der Waals surface area contributed by atoms with Gasteiger partial charge in [-0.05, 0) is 50.1 Å². The Kier molecular flexibility index (Phi) is 6.77. The number of carbonyl (C=O) groups is 1. The van der Waals surface area contributed by atoms with Crippen LogP contribution in [0.15, 0.2) is 60.3 Å².